The molecule has 110 valence electrons. The fourth-order valence-electron chi connectivity index (χ4n) is 1.59. The van der Waals surface area contributed by atoms with Crippen LogP contribution in [0.25, 0.3) is 0 Å². The Morgan fingerprint density at radius 1 is 1.14 bits per heavy atom. The summed E-state index contributed by atoms with van der Waals surface area (Å²) in [7, 11) is -3.94. The predicted octanol–water partition coefficient (Wildman–Crippen LogP) is 3.07. The molecule has 0 radical (unpaired) electrons. The summed E-state index contributed by atoms with van der Waals surface area (Å²) in [5.41, 5.74) is 0.551. The summed E-state index contributed by atoms with van der Waals surface area (Å²) < 4.78 is 29.1. The second-order valence-electron chi connectivity index (χ2n) is 4.20. The molecule has 0 aromatic heterocycles. The minimum absolute atomic E-state index is 0.0269. The topological polar surface area (TPSA) is 72.5 Å². The van der Waals surface area contributed by atoms with Gasteiger partial charge in [0.25, 0.3) is 0 Å². The zero-order chi connectivity index (χ0) is 15.5. The summed E-state index contributed by atoms with van der Waals surface area (Å²) in [5.74, 6) is -0.0701. The SMILES string of the molecule is CC(=O)Nc1ccc(OS(=O)(=O)c2cccc(Cl)c2)cc1. The van der Waals surface area contributed by atoms with Crippen molar-refractivity contribution in [3.63, 3.8) is 0 Å². The van der Waals surface area contributed by atoms with Crippen LogP contribution < -0.4 is 9.50 Å². The lowest BCUT2D eigenvalue weighted by Gasteiger charge is -2.08. The molecule has 0 saturated carbocycles. The van der Waals surface area contributed by atoms with E-state index in [1.54, 1.807) is 18.2 Å². The van der Waals surface area contributed by atoms with Crippen molar-refractivity contribution in [1.29, 1.82) is 0 Å². The third-order valence-electron chi connectivity index (χ3n) is 2.47. The van der Waals surface area contributed by atoms with Gasteiger partial charge in [-0.2, -0.15) is 8.42 Å². The number of carbonyl (C=O) groups excluding carboxylic acids is 1. The van der Waals surface area contributed by atoms with Crippen molar-refractivity contribution < 1.29 is 17.4 Å². The Bertz CT molecular complexity index is 757. The van der Waals surface area contributed by atoms with Crippen molar-refractivity contribution in [3.05, 3.63) is 53.6 Å². The van der Waals surface area contributed by atoms with E-state index in [2.05, 4.69) is 5.32 Å². The van der Waals surface area contributed by atoms with Crippen LogP contribution in [0.15, 0.2) is 53.4 Å². The average Bonchev–Trinajstić information content (AvgIpc) is 2.40. The van der Waals surface area contributed by atoms with Crippen molar-refractivity contribution in [2.45, 2.75) is 11.8 Å². The molecule has 0 heterocycles. The summed E-state index contributed by atoms with van der Waals surface area (Å²) in [6, 6.07) is 11.8. The highest BCUT2D eigenvalue weighted by Gasteiger charge is 2.16. The maximum atomic E-state index is 12.1. The minimum atomic E-state index is -3.94. The lowest BCUT2D eigenvalue weighted by molar-refractivity contribution is -0.114. The third kappa shape index (κ3) is 4.21. The molecule has 0 aliphatic rings. The van der Waals surface area contributed by atoms with E-state index >= 15 is 0 Å². The summed E-state index contributed by atoms with van der Waals surface area (Å²) in [6.45, 7) is 1.38. The van der Waals surface area contributed by atoms with E-state index in [1.807, 2.05) is 0 Å². The van der Waals surface area contributed by atoms with Crippen LogP contribution in [-0.2, 0) is 14.9 Å². The van der Waals surface area contributed by atoms with Crippen LogP contribution >= 0.6 is 11.6 Å². The van der Waals surface area contributed by atoms with Gasteiger partial charge in [-0.15, -0.1) is 0 Å². The molecule has 1 N–H and O–H groups in total. The number of anilines is 1. The van der Waals surface area contributed by atoms with E-state index in [9.17, 15) is 13.2 Å². The first-order chi connectivity index (χ1) is 9.87. The molecule has 0 saturated heterocycles. The third-order valence-corrected chi connectivity index (χ3v) is 3.94. The highest BCUT2D eigenvalue weighted by molar-refractivity contribution is 7.87. The largest absolute Gasteiger partial charge is 0.379 e. The van der Waals surface area contributed by atoms with Gasteiger partial charge in [0.15, 0.2) is 0 Å². The van der Waals surface area contributed by atoms with Gasteiger partial charge in [-0.25, -0.2) is 0 Å². The molecule has 2 aromatic carbocycles. The molecule has 2 rings (SSSR count). The summed E-state index contributed by atoms with van der Waals surface area (Å²) >= 11 is 5.76. The molecule has 5 nitrogen and oxygen atoms in total. The average molecular weight is 326 g/mol. The second kappa shape index (κ2) is 6.15. The number of hydrogen-bond donors (Lipinski definition) is 1. The molecule has 21 heavy (non-hydrogen) atoms. The molecule has 0 fully saturated rings. The summed E-state index contributed by atoms with van der Waals surface area (Å²) in [6.07, 6.45) is 0. The molecule has 0 aliphatic carbocycles. The van der Waals surface area contributed by atoms with E-state index in [-0.39, 0.29) is 16.6 Å². The van der Waals surface area contributed by atoms with Crippen LogP contribution in [0.5, 0.6) is 5.75 Å². The molecule has 2 aromatic rings. The molecule has 1 amide bonds. The predicted molar refractivity (Wildman–Crippen MR) is 80.0 cm³/mol. The van der Waals surface area contributed by atoms with Crippen LogP contribution in [0, 0.1) is 0 Å². The molecule has 0 bridgehead atoms. The van der Waals surface area contributed by atoms with Crippen molar-refractivity contribution in [2.75, 3.05) is 5.32 Å². The lowest BCUT2D eigenvalue weighted by atomic mass is 10.3. The van der Waals surface area contributed by atoms with Crippen LogP contribution in [0.2, 0.25) is 5.02 Å². The molecule has 0 aliphatic heterocycles. The standard InChI is InChI=1S/C14H12ClNO4S/c1-10(17)16-12-5-7-13(8-6-12)20-21(18,19)14-4-2-3-11(15)9-14/h2-9H,1H3,(H,16,17). The van der Waals surface area contributed by atoms with Gasteiger partial charge in [-0.1, -0.05) is 17.7 Å². The smallest absolute Gasteiger partial charge is 0.339 e. The fourth-order valence-corrected chi connectivity index (χ4v) is 2.83. The molecule has 0 atom stereocenters. The van der Waals surface area contributed by atoms with Crippen LogP contribution in [0.4, 0.5) is 5.69 Å². The van der Waals surface area contributed by atoms with E-state index < -0.39 is 10.1 Å². The monoisotopic (exact) mass is 325 g/mol. The van der Waals surface area contributed by atoms with Gasteiger partial charge in [-0.05, 0) is 42.5 Å². The van der Waals surface area contributed by atoms with Gasteiger partial charge in [0.05, 0.1) is 0 Å². The number of hydrogen-bond acceptors (Lipinski definition) is 4. The minimum Gasteiger partial charge on any atom is -0.379 e. The van der Waals surface area contributed by atoms with Crippen LogP contribution in [0.1, 0.15) is 6.92 Å². The molecular formula is C14H12ClNO4S. The number of nitrogens with one attached hydrogen (secondary N) is 1. The number of amides is 1. The van der Waals surface area contributed by atoms with Gasteiger partial charge in [0, 0.05) is 17.6 Å². The first-order valence-corrected chi connectivity index (χ1v) is 7.73. The summed E-state index contributed by atoms with van der Waals surface area (Å²) in [5, 5.41) is 2.88. The Morgan fingerprint density at radius 2 is 1.81 bits per heavy atom. The number of benzene rings is 2. The fraction of sp³-hybridized carbons (Fsp3) is 0.0714. The van der Waals surface area contributed by atoms with Gasteiger partial charge in [-0.3, -0.25) is 4.79 Å². The molecule has 0 spiro atoms. The number of rotatable bonds is 4. The van der Waals surface area contributed by atoms with Crippen molar-refractivity contribution in [2.24, 2.45) is 0 Å². The second-order valence-corrected chi connectivity index (χ2v) is 6.18. The zero-order valence-corrected chi connectivity index (χ0v) is 12.6. The molecule has 0 unspecified atom stereocenters. The number of carbonyl (C=O) groups is 1. The van der Waals surface area contributed by atoms with E-state index in [1.165, 1.54) is 37.3 Å². The van der Waals surface area contributed by atoms with E-state index in [4.69, 9.17) is 15.8 Å². The van der Waals surface area contributed by atoms with Crippen LogP contribution in [-0.4, -0.2) is 14.3 Å². The van der Waals surface area contributed by atoms with Crippen molar-refractivity contribution >= 4 is 33.3 Å². The highest BCUT2D eigenvalue weighted by Crippen LogP contribution is 2.22. The Kier molecular flexibility index (Phi) is 4.50. The van der Waals surface area contributed by atoms with Crippen molar-refractivity contribution in [3.8, 4) is 5.75 Å². The summed E-state index contributed by atoms with van der Waals surface area (Å²) in [4.78, 5) is 10.9. The lowest BCUT2D eigenvalue weighted by Crippen LogP contribution is -2.10. The maximum Gasteiger partial charge on any atom is 0.339 e. The first-order valence-electron chi connectivity index (χ1n) is 5.94. The van der Waals surface area contributed by atoms with Crippen molar-refractivity contribution in [1.82, 2.24) is 0 Å². The van der Waals surface area contributed by atoms with E-state index in [0.717, 1.165) is 0 Å². The number of halogens is 1. The Hall–Kier alpha value is -2.05. The Labute approximate surface area is 127 Å². The van der Waals surface area contributed by atoms with Gasteiger partial charge >= 0.3 is 10.1 Å². The first kappa shape index (κ1) is 15.3. The Morgan fingerprint density at radius 3 is 2.38 bits per heavy atom. The normalized spacial score (nSPS) is 11.0. The van der Waals surface area contributed by atoms with E-state index in [0.29, 0.717) is 10.7 Å². The highest BCUT2D eigenvalue weighted by atomic mass is 35.5. The molecular weight excluding hydrogens is 314 g/mol. The quantitative estimate of drug-likeness (QED) is 0.877. The zero-order valence-electron chi connectivity index (χ0n) is 11.0. The van der Waals surface area contributed by atoms with Crippen LogP contribution in [0.3, 0.4) is 0 Å². The van der Waals surface area contributed by atoms with Gasteiger partial charge in [0.1, 0.15) is 10.6 Å². The molecule has 7 heteroatoms. The maximum absolute atomic E-state index is 12.1. The van der Waals surface area contributed by atoms with Gasteiger partial charge in [0.2, 0.25) is 5.91 Å². The Balaban J connectivity index is 2.19. The van der Waals surface area contributed by atoms with Gasteiger partial charge < -0.3 is 9.50 Å².